The first-order chi connectivity index (χ1) is 8.27. The molecule has 0 N–H and O–H groups in total. The highest BCUT2D eigenvalue weighted by atomic mass is 28.4. The minimum Gasteiger partial charge on any atom is -0.413 e. The van der Waals surface area contributed by atoms with Gasteiger partial charge < -0.3 is 4.43 Å². The molecule has 0 aromatic rings. The van der Waals surface area contributed by atoms with E-state index >= 15 is 0 Å². The second-order valence-electron chi connectivity index (χ2n) is 6.80. The second kappa shape index (κ2) is 8.77. The SMILES string of the molecule is C#CCCCCCCCCC(C)(C)O[Si](C)(C)C. The van der Waals surface area contributed by atoms with Crippen molar-refractivity contribution in [1.29, 1.82) is 0 Å². The standard InChI is InChI=1S/C16H32OSi/c1-7-8-9-10-11-12-13-14-15-16(2,3)17-18(4,5)6/h1H,8-15H2,2-6H3. The Bertz CT molecular complexity index is 245. The van der Waals surface area contributed by atoms with E-state index in [0.29, 0.717) is 0 Å². The molecule has 0 heterocycles. The summed E-state index contributed by atoms with van der Waals surface area (Å²) in [6, 6.07) is 0. The summed E-state index contributed by atoms with van der Waals surface area (Å²) < 4.78 is 6.20. The van der Waals surface area contributed by atoms with Crippen molar-refractivity contribution in [1.82, 2.24) is 0 Å². The molecule has 0 atom stereocenters. The van der Waals surface area contributed by atoms with Crippen LogP contribution in [0.3, 0.4) is 0 Å². The average molecular weight is 269 g/mol. The van der Waals surface area contributed by atoms with Gasteiger partial charge in [-0.15, -0.1) is 12.3 Å². The lowest BCUT2D eigenvalue weighted by atomic mass is 9.99. The summed E-state index contributed by atoms with van der Waals surface area (Å²) in [5, 5.41) is 0. The molecule has 0 bridgehead atoms. The van der Waals surface area contributed by atoms with Gasteiger partial charge in [-0.1, -0.05) is 32.1 Å². The van der Waals surface area contributed by atoms with Crippen LogP contribution in [0.15, 0.2) is 0 Å². The van der Waals surface area contributed by atoms with Gasteiger partial charge in [0.05, 0.1) is 5.60 Å². The monoisotopic (exact) mass is 268 g/mol. The first-order valence-electron chi connectivity index (χ1n) is 7.40. The average Bonchev–Trinajstić information content (AvgIpc) is 2.18. The van der Waals surface area contributed by atoms with Crippen LogP contribution in [0.25, 0.3) is 0 Å². The normalized spacial score (nSPS) is 12.4. The van der Waals surface area contributed by atoms with Crippen LogP contribution in [-0.2, 0) is 4.43 Å². The van der Waals surface area contributed by atoms with Gasteiger partial charge in [0.1, 0.15) is 0 Å². The predicted molar refractivity (Wildman–Crippen MR) is 84.3 cm³/mol. The molecule has 0 radical (unpaired) electrons. The summed E-state index contributed by atoms with van der Waals surface area (Å²) in [7, 11) is -1.40. The molecule has 0 rings (SSSR count). The maximum atomic E-state index is 6.20. The summed E-state index contributed by atoms with van der Waals surface area (Å²) >= 11 is 0. The zero-order valence-electron chi connectivity index (χ0n) is 13.1. The lowest BCUT2D eigenvalue weighted by Gasteiger charge is -2.33. The largest absolute Gasteiger partial charge is 0.413 e. The molecule has 2 heteroatoms. The third kappa shape index (κ3) is 12.2. The fourth-order valence-electron chi connectivity index (χ4n) is 2.36. The lowest BCUT2D eigenvalue weighted by molar-refractivity contribution is 0.0880. The number of hydrogen-bond acceptors (Lipinski definition) is 1. The molecule has 18 heavy (non-hydrogen) atoms. The fourth-order valence-corrected chi connectivity index (χ4v) is 4.12. The molecular weight excluding hydrogens is 236 g/mol. The zero-order valence-corrected chi connectivity index (χ0v) is 14.1. The van der Waals surface area contributed by atoms with E-state index in [4.69, 9.17) is 10.8 Å². The van der Waals surface area contributed by atoms with Gasteiger partial charge in [0, 0.05) is 6.42 Å². The van der Waals surface area contributed by atoms with Gasteiger partial charge >= 0.3 is 0 Å². The third-order valence-electron chi connectivity index (χ3n) is 2.93. The lowest BCUT2D eigenvalue weighted by Crippen LogP contribution is -2.38. The second-order valence-corrected chi connectivity index (χ2v) is 11.2. The van der Waals surface area contributed by atoms with E-state index in [2.05, 4.69) is 39.4 Å². The van der Waals surface area contributed by atoms with E-state index in [-0.39, 0.29) is 5.60 Å². The Morgan fingerprint density at radius 2 is 1.44 bits per heavy atom. The van der Waals surface area contributed by atoms with Crippen LogP contribution in [0, 0.1) is 12.3 Å². The Hall–Kier alpha value is -0.263. The van der Waals surface area contributed by atoms with Gasteiger partial charge in [-0.05, 0) is 46.3 Å². The van der Waals surface area contributed by atoms with E-state index in [1.807, 2.05) is 0 Å². The van der Waals surface area contributed by atoms with E-state index in [1.165, 1.54) is 44.9 Å². The van der Waals surface area contributed by atoms with Gasteiger partial charge in [0.15, 0.2) is 8.32 Å². The quantitative estimate of drug-likeness (QED) is 0.294. The Morgan fingerprint density at radius 1 is 0.944 bits per heavy atom. The molecule has 0 unspecified atom stereocenters. The summed E-state index contributed by atoms with van der Waals surface area (Å²) in [5.41, 5.74) is 0.0634. The number of rotatable bonds is 10. The Balaban J connectivity index is 3.51. The third-order valence-corrected chi connectivity index (χ3v) is 4.10. The molecule has 0 saturated heterocycles. The summed E-state index contributed by atoms with van der Waals surface area (Å²) in [6.07, 6.45) is 15.1. The molecule has 1 nitrogen and oxygen atoms in total. The molecule has 0 aliphatic heterocycles. The summed E-state index contributed by atoms with van der Waals surface area (Å²) in [5.74, 6) is 2.70. The van der Waals surface area contributed by atoms with Crippen LogP contribution in [0.1, 0.15) is 65.2 Å². The smallest absolute Gasteiger partial charge is 0.184 e. The van der Waals surface area contributed by atoms with Crippen LogP contribution in [-0.4, -0.2) is 13.9 Å². The van der Waals surface area contributed by atoms with Gasteiger partial charge in [-0.3, -0.25) is 0 Å². The zero-order chi connectivity index (χ0) is 14.1. The molecule has 0 aromatic heterocycles. The van der Waals surface area contributed by atoms with Gasteiger partial charge in [0.2, 0.25) is 0 Å². The van der Waals surface area contributed by atoms with Crippen molar-refractivity contribution >= 4 is 8.32 Å². The maximum Gasteiger partial charge on any atom is 0.184 e. The summed E-state index contributed by atoms with van der Waals surface area (Å²) in [4.78, 5) is 0. The van der Waals surface area contributed by atoms with Crippen molar-refractivity contribution in [3.05, 3.63) is 0 Å². The minimum atomic E-state index is -1.40. The van der Waals surface area contributed by atoms with Crippen LogP contribution < -0.4 is 0 Å². The number of terminal acetylenes is 1. The van der Waals surface area contributed by atoms with Gasteiger partial charge in [-0.25, -0.2) is 0 Å². The number of hydrogen-bond donors (Lipinski definition) is 0. The minimum absolute atomic E-state index is 0.0634. The fraction of sp³-hybridized carbons (Fsp3) is 0.875. The first-order valence-corrected chi connectivity index (χ1v) is 10.8. The Morgan fingerprint density at radius 3 is 1.94 bits per heavy atom. The molecule has 0 amide bonds. The number of unbranched alkanes of at least 4 members (excludes halogenated alkanes) is 6. The molecule has 0 spiro atoms. The van der Waals surface area contributed by atoms with Crippen LogP contribution >= 0.6 is 0 Å². The molecule has 0 saturated carbocycles. The van der Waals surface area contributed by atoms with Crippen molar-refractivity contribution in [2.24, 2.45) is 0 Å². The van der Waals surface area contributed by atoms with Crippen molar-refractivity contribution in [3.8, 4) is 12.3 Å². The maximum absolute atomic E-state index is 6.20. The molecule has 0 fully saturated rings. The summed E-state index contributed by atoms with van der Waals surface area (Å²) in [6.45, 7) is 11.3. The van der Waals surface area contributed by atoms with Crippen molar-refractivity contribution < 1.29 is 4.43 Å². The molecule has 0 aliphatic carbocycles. The Kier molecular flexibility index (Phi) is 8.64. The van der Waals surface area contributed by atoms with Crippen LogP contribution in [0.2, 0.25) is 19.6 Å². The van der Waals surface area contributed by atoms with E-state index in [1.54, 1.807) is 0 Å². The van der Waals surface area contributed by atoms with Gasteiger partial charge in [-0.2, -0.15) is 0 Å². The molecule has 0 aromatic carbocycles. The van der Waals surface area contributed by atoms with Crippen molar-refractivity contribution in [2.75, 3.05) is 0 Å². The topological polar surface area (TPSA) is 9.23 Å². The Labute approximate surface area is 116 Å². The van der Waals surface area contributed by atoms with Crippen molar-refractivity contribution in [2.45, 2.75) is 90.5 Å². The van der Waals surface area contributed by atoms with Crippen LogP contribution in [0.5, 0.6) is 0 Å². The van der Waals surface area contributed by atoms with E-state index in [0.717, 1.165) is 6.42 Å². The molecular formula is C16H32OSi. The predicted octanol–water partition coefficient (Wildman–Crippen LogP) is 5.37. The van der Waals surface area contributed by atoms with Gasteiger partial charge in [0.25, 0.3) is 0 Å². The molecule has 106 valence electrons. The van der Waals surface area contributed by atoms with Crippen LogP contribution in [0.4, 0.5) is 0 Å². The first kappa shape index (κ1) is 17.7. The van der Waals surface area contributed by atoms with E-state index in [9.17, 15) is 0 Å². The van der Waals surface area contributed by atoms with Crippen molar-refractivity contribution in [3.63, 3.8) is 0 Å². The van der Waals surface area contributed by atoms with E-state index < -0.39 is 8.32 Å². The highest BCUT2D eigenvalue weighted by Crippen LogP contribution is 2.23. The highest BCUT2D eigenvalue weighted by Gasteiger charge is 2.26. The highest BCUT2D eigenvalue weighted by molar-refractivity contribution is 6.69. The molecule has 0 aliphatic rings.